The molecule has 0 amide bonds. The zero-order chi connectivity index (χ0) is 7.66. The molecule has 0 bridgehead atoms. The fraction of sp³-hybridized carbons (Fsp3) is 0.667. The Bertz CT molecular complexity index is 103. The summed E-state index contributed by atoms with van der Waals surface area (Å²) < 4.78 is 0. The van der Waals surface area contributed by atoms with Crippen molar-refractivity contribution < 1.29 is 0 Å². The average molecular weight is 139 g/mol. The van der Waals surface area contributed by atoms with Crippen LogP contribution in [-0.2, 0) is 0 Å². The highest BCUT2D eigenvalue weighted by molar-refractivity contribution is 5.70. The fourth-order valence-electron chi connectivity index (χ4n) is 0.582. The first kappa shape index (κ1) is 9.41. The van der Waals surface area contributed by atoms with E-state index in [4.69, 9.17) is 0 Å². The van der Waals surface area contributed by atoms with Crippen molar-refractivity contribution in [2.24, 2.45) is 4.99 Å². The van der Waals surface area contributed by atoms with Crippen molar-refractivity contribution in [3.63, 3.8) is 0 Å². The van der Waals surface area contributed by atoms with E-state index in [0.29, 0.717) is 0 Å². The van der Waals surface area contributed by atoms with Crippen molar-refractivity contribution in [2.45, 2.75) is 33.1 Å². The standard InChI is InChI=1S/C9H17N/c1-3-5-7-9-10-8-6-4-2/h5,7,9H,3-4,6,8H2,1-2H3/b7-5-,10-9?. The first-order valence-electron chi connectivity index (χ1n) is 4.06. The number of unbranched alkanes of at least 4 members (excludes halogenated alkanes) is 1. The predicted octanol–water partition coefficient (Wildman–Crippen LogP) is 2.82. The Morgan fingerprint density at radius 3 is 2.70 bits per heavy atom. The fourth-order valence-corrected chi connectivity index (χ4v) is 0.582. The molecule has 58 valence electrons. The first-order chi connectivity index (χ1) is 4.91. The van der Waals surface area contributed by atoms with Gasteiger partial charge in [-0.15, -0.1) is 0 Å². The molecule has 0 unspecified atom stereocenters. The quantitative estimate of drug-likeness (QED) is 0.410. The normalized spacial score (nSPS) is 11.8. The van der Waals surface area contributed by atoms with Gasteiger partial charge in [0.25, 0.3) is 0 Å². The lowest BCUT2D eigenvalue weighted by Gasteiger charge is -1.85. The molecule has 0 aromatic carbocycles. The van der Waals surface area contributed by atoms with Gasteiger partial charge in [0.15, 0.2) is 0 Å². The first-order valence-corrected chi connectivity index (χ1v) is 4.06. The molecule has 0 aliphatic carbocycles. The van der Waals surface area contributed by atoms with E-state index in [9.17, 15) is 0 Å². The average Bonchev–Trinajstić information content (AvgIpc) is 1.97. The summed E-state index contributed by atoms with van der Waals surface area (Å²) in [7, 11) is 0. The Kier molecular flexibility index (Phi) is 7.91. The summed E-state index contributed by atoms with van der Waals surface area (Å²) in [6.45, 7) is 5.28. The summed E-state index contributed by atoms with van der Waals surface area (Å²) in [4.78, 5) is 4.19. The second-order valence-corrected chi connectivity index (χ2v) is 2.25. The van der Waals surface area contributed by atoms with Crippen molar-refractivity contribution in [3.8, 4) is 0 Å². The van der Waals surface area contributed by atoms with Gasteiger partial charge in [-0.25, -0.2) is 0 Å². The van der Waals surface area contributed by atoms with E-state index >= 15 is 0 Å². The zero-order valence-corrected chi connectivity index (χ0v) is 7.01. The third-order valence-corrected chi connectivity index (χ3v) is 1.20. The molecule has 0 radical (unpaired) electrons. The molecule has 1 heteroatoms. The minimum Gasteiger partial charge on any atom is -0.293 e. The summed E-state index contributed by atoms with van der Waals surface area (Å²) in [5.41, 5.74) is 0. The Hall–Kier alpha value is -0.590. The van der Waals surface area contributed by atoms with Crippen molar-refractivity contribution in [1.82, 2.24) is 0 Å². The van der Waals surface area contributed by atoms with Crippen LogP contribution >= 0.6 is 0 Å². The highest BCUT2D eigenvalue weighted by atomic mass is 14.7. The minimum atomic E-state index is 0.977. The van der Waals surface area contributed by atoms with Crippen LogP contribution in [-0.4, -0.2) is 12.8 Å². The topological polar surface area (TPSA) is 12.4 Å². The van der Waals surface area contributed by atoms with Crippen LogP contribution in [0.4, 0.5) is 0 Å². The van der Waals surface area contributed by atoms with Crippen LogP contribution in [0.5, 0.6) is 0 Å². The van der Waals surface area contributed by atoms with E-state index in [1.165, 1.54) is 12.8 Å². The van der Waals surface area contributed by atoms with Gasteiger partial charge < -0.3 is 0 Å². The molecule has 0 saturated heterocycles. The van der Waals surface area contributed by atoms with Crippen LogP contribution in [0.1, 0.15) is 33.1 Å². The number of aliphatic imine (C=N–C) groups is 1. The van der Waals surface area contributed by atoms with E-state index in [0.717, 1.165) is 13.0 Å². The smallest absolute Gasteiger partial charge is 0.0389 e. The molecule has 1 nitrogen and oxygen atoms in total. The van der Waals surface area contributed by atoms with Crippen molar-refractivity contribution in [1.29, 1.82) is 0 Å². The lowest BCUT2D eigenvalue weighted by Crippen LogP contribution is -1.77. The van der Waals surface area contributed by atoms with Gasteiger partial charge >= 0.3 is 0 Å². The minimum absolute atomic E-state index is 0.977. The monoisotopic (exact) mass is 139 g/mol. The third kappa shape index (κ3) is 7.41. The van der Waals surface area contributed by atoms with Crippen LogP contribution in [0.25, 0.3) is 0 Å². The summed E-state index contributed by atoms with van der Waals surface area (Å²) in [5.74, 6) is 0. The maximum absolute atomic E-state index is 4.19. The molecule has 0 aromatic rings. The number of hydrogen-bond donors (Lipinski definition) is 0. The summed E-state index contributed by atoms with van der Waals surface area (Å²) >= 11 is 0. The van der Waals surface area contributed by atoms with Gasteiger partial charge in [-0.1, -0.05) is 26.3 Å². The van der Waals surface area contributed by atoms with Crippen LogP contribution < -0.4 is 0 Å². The maximum Gasteiger partial charge on any atom is 0.0389 e. The van der Waals surface area contributed by atoms with Gasteiger partial charge in [0.2, 0.25) is 0 Å². The molecule has 0 rings (SSSR count). The molecule has 0 N–H and O–H groups in total. The lowest BCUT2D eigenvalue weighted by atomic mass is 10.3. The van der Waals surface area contributed by atoms with Crippen molar-refractivity contribution >= 4 is 6.21 Å². The molecule has 0 heterocycles. The van der Waals surface area contributed by atoms with Crippen molar-refractivity contribution in [2.75, 3.05) is 6.54 Å². The second kappa shape index (κ2) is 8.41. The Balaban J connectivity index is 3.11. The number of nitrogens with zero attached hydrogens (tertiary/aromatic N) is 1. The largest absolute Gasteiger partial charge is 0.293 e. The van der Waals surface area contributed by atoms with Gasteiger partial charge in [-0.05, 0) is 18.9 Å². The van der Waals surface area contributed by atoms with Gasteiger partial charge in [0, 0.05) is 12.8 Å². The van der Waals surface area contributed by atoms with Gasteiger partial charge in [-0.3, -0.25) is 4.99 Å². The van der Waals surface area contributed by atoms with Crippen LogP contribution in [0, 0.1) is 0 Å². The molecular formula is C9H17N. The van der Waals surface area contributed by atoms with E-state index < -0.39 is 0 Å². The molecule has 10 heavy (non-hydrogen) atoms. The molecular weight excluding hydrogens is 122 g/mol. The van der Waals surface area contributed by atoms with Gasteiger partial charge in [0.1, 0.15) is 0 Å². The Morgan fingerprint density at radius 1 is 1.30 bits per heavy atom. The molecule has 0 atom stereocenters. The Labute approximate surface area is 63.9 Å². The SMILES string of the molecule is CC/C=C\C=NCCCC. The number of rotatable bonds is 5. The highest BCUT2D eigenvalue weighted by Gasteiger charge is 1.74. The number of hydrogen-bond acceptors (Lipinski definition) is 1. The summed E-state index contributed by atoms with van der Waals surface area (Å²) in [6, 6.07) is 0. The molecule has 0 aromatic heterocycles. The lowest BCUT2D eigenvalue weighted by molar-refractivity contribution is 0.810. The van der Waals surface area contributed by atoms with E-state index in [1.54, 1.807) is 0 Å². The molecule has 0 fully saturated rings. The van der Waals surface area contributed by atoms with E-state index in [2.05, 4.69) is 24.9 Å². The highest BCUT2D eigenvalue weighted by Crippen LogP contribution is 1.85. The third-order valence-electron chi connectivity index (χ3n) is 1.20. The van der Waals surface area contributed by atoms with Crippen molar-refractivity contribution in [3.05, 3.63) is 12.2 Å². The zero-order valence-electron chi connectivity index (χ0n) is 7.01. The van der Waals surface area contributed by atoms with E-state index in [1.807, 2.05) is 12.3 Å². The molecule has 0 aliphatic rings. The Morgan fingerprint density at radius 2 is 2.10 bits per heavy atom. The molecule has 0 spiro atoms. The van der Waals surface area contributed by atoms with Gasteiger partial charge in [0.05, 0.1) is 0 Å². The van der Waals surface area contributed by atoms with Gasteiger partial charge in [-0.2, -0.15) is 0 Å². The van der Waals surface area contributed by atoms with Crippen LogP contribution in [0.15, 0.2) is 17.1 Å². The maximum atomic E-state index is 4.19. The summed E-state index contributed by atoms with van der Waals surface area (Å²) in [6.07, 6.45) is 9.54. The second-order valence-electron chi connectivity index (χ2n) is 2.25. The molecule has 0 aliphatic heterocycles. The summed E-state index contributed by atoms with van der Waals surface area (Å²) in [5, 5.41) is 0. The molecule has 0 saturated carbocycles. The number of allylic oxidation sites excluding steroid dienone is 2. The van der Waals surface area contributed by atoms with Crippen LogP contribution in [0.2, 0.25) is 0 Å². The van der Waals surface area contributed by atoms with Crippen LogP contribution in [0.3, 0.4) is 0 Å². The predicted molar refractivity (Wildman–Crippen MR) is 47.7 cm³/mol. The van der Waals surface area contributed by atoms with E-state index in [-0.39, 0.29) is 0 Å².